The maximum Gasteiger partial charge on any atom is 0.163 e. The Hall–Kier alpha value is -2.00. The van der Waals surface area contributed by atoms with E-state index in [1.165, 1.54) is 6.26 Å². The molecule has 1 aliphatic carbocycles. The van der Waals surface area contributed by atoms with Gasteiger partial charge < -0.3 is 14.7 Å². The van der Waals surface area contributed by atoms with E-state index < -0.39 is 15.2 Å². The number of carbonyl (C=O) groups is 1. The van der Waals surface area contributed by atoms with Crippen LogP contribution in [0.2, 0.25) is 0 Å². The molecular weight excluding hydrogens is 342 g/mol. The van der Waals surface area contributed by atoms with Gasteiger partial charge in [0.15, 0.2) is 9.84 Å². The second-order valence-electron chi connectivity index (χ2n) is 6.96. The predicted octanol–water partition coefficient (Wildman–Crippen LogP) is 0.572. The number of hydrogen-bond acceptors (Lipinski definition) is 7. The van der Waals surface area contributed by atoms with Crippen LogP contribution in [0.1, 0.15) is 19.3 Å². The number of sulfone groups is 1. The summed E-state index contributed by atoms with van der Waals surface area (Å²) < 4.78 is 24.4. The summed E-state index contributed by atoms with van der Waals surface area (Å²) in [5.41, 5.74) is 0.620. The van der Waals surface area contributed by atoms with E-state index in [2.05, 4.69) is 19.9 Å². The van der Waals surface area contributed by atoms with Crippen LogP contribution in [-0.2, 0) is 14.6 Å². The Morgan fingerprint density at radius 1 is 1.36 bits per heavy atom. The molecule has 1 saturated carbocycles. The molecule has 1 spiro atoms. The molecule has 1 atom stereocenters. The zero-order valence-corrected chi connectivity index (χ0v) is 14.9. The number of carbonyl (C=O) groups excluding carboxylic acids is 1. The minimum atomic E-state index is -3.32. The molecule has 2 aromatic heterocycles. The molecule has 0 amide bonds. The molecule has 1 saturated heterocycles. The van der Waals surface area contributed by atoms with Crippen LogP contribution in [0.3, 0.4) is 0 Å². The van der Waals surface area contributed by atoms with Crippen LogP contribution in [0.15, 0.2) is 18.6 Å². The normalized spacial score (nSPS) is 21.6. The van der Waals surface area contributed by atoms with Crippen LogP contribution in [0, 0.1) is 0 Å². The largest absolute Gasteiger partial charge is 0.353 e. The lowest BCUT2D eigenvalue weighted by molar-refractivity contribution is -0.108. The Kier molecular flexibility index (Phi) is 3.80. The average Bonchev–Trinajstić information content (AvgIpc) is 3.15. The Morgan fingerprint density at radius 3 is 2.84 bits per heavy atom. The summed E-state index contributed by atoms with van der Waals surface area (Å²) in [5.74, 6) is 0.878. The number of anilines is 1. The number of aromatic amines is 1. The monoisotopic (exact) mass is 363 g/mol. The number of rotatable bonds is 5. The molecule has 4 rings (SSSR count). The van der Waals surface area contributed by atoms with Crippen LogP contribution in [0.4, 0.5) is 5.82 Å². The molecular formula is C16H21N5O3S. The minimum absolute atomic E-state index is 0.0240. The van der Waals surface area contributed by atoms with Crippen molar-refractivity contribution in [2.75, 3.05) is 30.8 Å². The van der Waals surface area contributed by atoms with Crippen LogP contribution < -0.4 is 4.90 Å². The van der Waals surface area contributed by atoms with E-state index in [4.69, 9.17) is 0 Å². The predicted molar refractivity (Wildman–Crippen MR) is 94.1 cm³/mol. The Balaban J connectivity index is 1.63. The molecule has 3 heterocycles. The first kappa shape index (κ1) is 16.5. The highest BCUT2D eigenvalue weighted by Gasteiger charge is 2.55. The van der Waals surface area contributed by atoms with Crippen LogP contribution in [0.25, 0.3) is 11.0 Å². The topological polar surface area (TPSA) is 99.3 Å². The van der Waals surface area contributed by atoms with E-state index in [0.29, 0.717) is 19.4 Å². The van der Waals surface area contributed by atoms with Gasteiger partial charge in [0.05, 0.1) is 5.39 Å². The highest BCUT2D eigenvalue weighted by molar-refractivity contribution is 7.91. The smallest absolute Gasteiger partial charge is 0.163 e. The van der Waals surface area contributed by atoms with Crippen molar-refractivity contribution >= 4 is 33.0 Å². The van der Waals surface area contributed by atoms with Crippen molar-refractivity contribution < 1.29 is 13.2 Å². The van der Waals surface area contributed by atoms with Crippen molar-refractivity contribution in [3.63, 3.8) is 0 Å². The van der Waals surface area contributed by atoms with E-state index in [9.17, 15) is 13.2 Å². The molecule has 0 radical (unpaired) electrons. The third-order valence-electron chi connectivity index (χ3n) is 5.30. The number of fused-ring (bicyclic) bond motifs is 1. The lowest BCUT2D eigenvalue weighted by Gasteiger charge is -2.45. The first-order valence-electron chi connectivity index (χ1n) is 8.37. The van der Waals surface area contributed by atoms with Gasteiger partial charge in [-0.3, -0.25) is 4.90 Å². The van der Waals surface area contributed by atoms with Crippen molar-refractivity contribution in [3.8, 4) is 0 Å². The molecule has 1 aliphatic heterocycles. The molecule has 2 fully saturated rings. The van der Waals surface area contributed by atoms with Gasteiger partial charge >= 0.3 is 0 Å². The molecule has 0 aromatic carbocycles. The van der Waals surface area contributed by atoms with E-state index in [0.717, 1.165) is 36.2 Å². The third-order valence-corrected chi connectivity index (χ3v) is 6.74. The Morgan fingerprint density at radius 2 is 2.16 bits per heavy atom. The molecule has 9 heteroatoms. The summed E-state index contributed by atoms with van der Waals surface area (Å²) in [5, 5.41) is 0.242. The van der Waals surface area contributed by atoms with E-state index >= 15 is 0 Å². The summed E-state index contributed by atoms with van der Waals surface area (Å²) in [6.07, 6.45) is 7.22. The van der Waals surface area contributed by atoms with Crippen molar-refractivity contribution in [3.05, 3.63) is 18.6 Å². The van der Waals surface area contributed by atoms with E-state index in [1.54, 1.807) is 6.33 Å². The SMILES string of the molecule is CS(=O)(=O)C(CC=O)N1CCN(c2ncnc3[nH]ccc23)CC12CC2. The van der Waals surface area contributed by atoms with Gasteiger partial charge in [-0.1, -0.05) is 0 Å². The average molecular weight is 363 g/mol. The lowest BCUT2D eigenvalue weighted by atomic mass is 10.1. The van der Waals surface area contributed by atoms with Gasteiger partial charge in [0.1, 0.15) is 29.5 Å². The fourth-order valence-corrected chi connectivity index (χ4v) is 5.16. The molecule has 1 unspecified atom stereocenters. The molecule has 0 bridgehead atoms. The fraction of sp³-hybridized carbons (Fsp3) is 0.562. The summed E-state index contributed by atoms with van der Waals surface area (Å²) in [6.45, 7) is 1.99. The molecule has 134 valence electrons. The third kappa shape index (κ3) is 2.81. The highest BCUT2D eigenvalue weighted by atomic mass is 32.2. The Bertz CT molecular complexity index is 905. The Labute approximate surface area is 146 Å². The zero-order valence-electron chi connectivity index (χ0n) is 14.1. The molecule has 8 nitrogen and oxygen atoms in total. The maximum atomic E-state index is 12.2. The quantitative estimate of drug-likeness (QED) is 0.775. The van der Waals surface area contributed by atoms with Gasteiger partial charge in [0, 0.05) is 44.0 Å². The van der Waals surface area contributed by atoms with Crippen molar-refractivity contribution in [1.82, 2.24) is 19.9 Å². The second-order valence-corrected chi connectivity index (χ2v) is 9.17. The minimum Gasteiger partial charge on any atom is -0.353 e. The van der Waals surface area contributed by atoms with Crippen molar-refractivity contribution in [1.29, 1.82) is 0 Å². The van der Waals surface area contributed by atoms with Crippen molar-refractivity contribution in [2.45, 2.75) is 30.2 Å². The zero-order chi connectivity index (χ0) is 17.7. The van der Waals surface area contributed by atoms with Crippen LogP contribution in [-0.4, -0.2) is 71.4 Å². The number of H-pyrrole nitrogens is 1. The van der Waals surface area contributed by atoms with Crippen LogP contribution >= 0.6 is 0 Å². The molecule has 25 heavy (non-hydrogen) atoms. The number of nitrogens with zero attached hydrogens (tertiary/aromatic N) is 4. The summed E-state index contributed by atoms with van der Waals surface area (Å²) in [4.78, 5) is 27.0. The first-order chi connectivity index (χ1) is 11.9. The van der Waals surface area contributed by atoms with Gasteiger partial charge in [0.25, 0.3) is 0 Å². The summed E-state index contributed by atoms with van der Waals surface area (Å²) in [7, 11) is -3.32. The standard InChI is InChI=1S/C16H21N5O3S/c1-25(23,24)13(3-9-22)21-8-7-20(10-16(21)4-5-16)15-12-2-6-17-14(12)18-11-19-15/h2,6,9,11,13H,3-5,7-8,10H2,1H3,(H,17,18,19). The fourth-order valence-electron chi connectivity index (χ4n) is 3.94. The summed E-state index contributed by atoms with van der Waals surface area (Å²) >= 11 is 0. The summed E-state index contributed by atoms with van der Waals surface area (Å²) in [6, 6.07) is 1.96. The van der Waals surface area contributed by atoms with E-state index in [1.807, 2.05) is 17.2 Å². The molecule has 1 N–H and O–H groups in total. The van der Waals surface area contributed by atoms with Gasteiger partial charge in [-0.15, -0.1) is 0 Å². The van der Waals surface area contributed by atoms with Crippen LogP contribution in [0.5, 0.6) is 0 Å². The van der Waals surface area contributed by atoms with Gasteiger partial charge in [0.2, 0.25) is 0 Å². The maximum absolute atomic E-state index is 12.2. The van der Waals surface area contributed by atoms with E-state index in [-0.39, 0.29) is 12.0 Å². The lowest BCUT2D eigenvalue weighted by Crippen LogP contribution is -2.60. The highest BCUT2D eigenvalue weighted by Crippen LogP contribution is 2.47. The van der Waals surface area contributed by atoms with Gasteiger partial charge in [-0.25, -0.2) is 18.4 Å². The second kappa shape index (κ2) is 5.77. The van der Waals surface area contributed by atoms with Gasteiger partial charge in [-0.05, 0) is 18.9 Å². The number of piperazine rings is 1. The number of nitrogens with one attached hydrogen (secondary N) is 1. The number of aromatic nitrogens is 3. The van der Waals surface area contributed by atoms with Gasteiger partial charge in [-0.2, -0.15) is 0 Å². The molecule has 2 aromatic rings. The first-order valence-corrected chi connectivity index (χ1v) is 10.3. The number of aldehydes is 1. The molecule has 2 aliphatic rings. The number of hydrogen-bond donors (Lipinski definition) is 1. The van der Waals surface area contributed by atoms with Crippen molar-refractivity contribution in [2.24, 2.45) is 0 Å².